The van der Waals surface area contributed by atoms with Gasteiger partial charge in [-0.2, -0.15) is 0 Å². The number of carbonyl (C=O) groups excluding carboxylic acids is 1. The molecule has 1 aromatic carbocycles. The van der Waals surface area contributed by atoms with E-state index in [1.807, 2.05) is 6.07 Å². The molecule has 0 saturated heterocycles. The van der Waals surface area contributed by atoms with Crippen LogP contribution in [-0.2, 0) is 4.79 Å². The largest absolute Gasteiger partial charge is 0.313 e. The Balaban J connectivity index is 2.96. The summed E-state index contributed by atoms with van der Waals surface area (Å²) in [4.78, 5) is 11.1. The van der Waals surface area contributed by atoms with Crippen LogP contribution in [0, 0.1) is 0 Å². The fourth-order valence-electron chi connectivity index (χ4n) is 1.44. The molecular formula is C11H13Cl2NO. The van der Waals surface area contributed by atoms with Crippen molar-refractivity contribution in [2.45, 2.75) is 19.4 Å². The molecule has 0 saturated carbocycles. The fourth-order valence-corrected chi connectivity index (χ4v) is 1.98. The van der Waals surface area contributed by atoms with Crippen molar-refractivity contribution in [3.8, 4) is 0 Å². The number of carbonyl (C=O) groups is 1. The number of nitrogens with one attached hydrogen (secondary N) is 1. The third-order valence-electron chi connectivity index (χ3n) is 2.18. The van der Waals surface area contributed by atoms with Crippen LogP contribution < -0.4 is 5.32 Å². The summed E-state index contributed by atoms with van der Waals surface area (Å²) in [5.41, 5.74) is 0.902. The predicted molar refractivity (Wildman–Crippen MR) is 63.6 cm³/mol. The zero-order valence-corrected chi connectivity index (χ0v) is 10.2. The van der Waals surface area contributed by atoms with Crippen LogP contribution in [0.4, 0.5) is 0 Å². The Labute approximate surface area is 99.6 Å². The second kappa shape index (κ2) is 5.50. The number of Topliss-reactive ketones (excluding diaryl/α,β-unsaturated/α-hetero) is 1. The van der Waals surface area contributed by atoms with Gasteiger partial charge in [-0.15, -0.1) is 0 Å². The van der Waals surface area contributed by atoms with Gasteiger partial charge in [0.05, 0.1) is 0 Å². The van der Waals surface area contributed by atoms with Gasteiger partial charge < -0.3 is 5.32 Å². The molecule has 1 N–H and O–H groups in total. The van der Waals surface area contributed by atoms with Crippen LogP contribution in [0.1, 0.15) is 24.9 Å². The zero-order valence-electron chi connectivity index (χ0n) is 8.68. The van der Waals surface area contributed by atoms with Gasteiger partial charge in [0, 0.05) is 22.5 Å². The number of ketones is 1. The maximum absolute atomic E-state index is 11.1. The summed E-state index contributed by atoms with van der Waals surface area (Å²) in [5, 5.41) is 4.25. The first-order valence-electron chi connectivity index (χ1n) is 4.66. The van der Waals surface area contributed by atoms with Gasteiger partial charge in [-0.3, -0.25) is 4.79 Å². The Hall–Kier alpha value is -0.570. The van der Waals surface area contributed by atoms with Crippen LogP contribution in [0.5, 0.6) is 0 Å². The molecule has 0 aliphatic heterocycles. The maximum atomic E-state index is 11.1. The van der Waals surface area contributed by atoms with Crippen LogP contribution in [0.3, 0.4) is 0 Å². The Morgan fingerprint density at radius 1 is 1.47 bits per heavy atom. The van der Waals surface area contributed by atoms with Gasteiger partial charge >= 0.3 is 0 Å². The highest BCUT2D eigenvalue weighted by Gasteiger charge is 2.14. The smallest absolute Gasteiger partial charge is 0.131 e. The molecule has 0 aliphatic carbocycles. The molecule has 0 heterocycles. The van der Waals surface area contributed by atoms with Crippen LogP contribution in [0.2, 0.25) is 10.0 Å². The van der Waals surface area contributed by atoms with Crippen molar-refractivity contribution in [1.29, 1.82) is 0 Å². The Kier molecular flexibility index (Phi) is 4.58. The fraction of sp³-hybridized carbons (Fsp3) is 0.364. The normalized spacial score (nSPS) is 12.5. The van der Waals surface area contributed by atoms with E-state index in [9.17, 15) is 4.79 Å². The molecule has 0 aliphatic rings. The first kappa shape index (κ1) is 12.5. The van der Waals surface area contributed by atoms with Gasteiger partial charge in [0.2, 0.25) is 0 Å². The Morgan fingerprint density at radius 2 is 2.13 bits per heavy atom. The molecule has 0 fully saturated rings. The van der Waals surface area contributed by atoms with Gasteiger partial charge in [0.1, 0.15) is 5.78 Å². The van der Waals surface area contributed by atoms with Crippen LogP contribution in [0.25, 0.3) is 0 Å². The van der Waals surface area contributed by atoms with Crippen molar-refractivity contribution in [1.82, 2.24) is 5.32 Å². The molecule has 0 aromatic heterocycles. The van der Waals surface area contributed by atoms with E-state index in [2.05, 4.69) is 5.32 Å². The van der Waals surface area contributed by atoms with Crippen LogP contribution >= 0.6 is 23.2 Å². The van der Waals surface area contributed by atoms with Crippen molar-refractivity contribution in [2.75, 3.05) is 7.05 Å². The zero-order chi connectivity index (χ0) is 11.4. The summed E-state index contributed by atoms with van der Waals surface area (Å²) in [6.45, 7) is 1.56. The first-order chi connectivity index (χ1) is 7.04. The van der Waals surface area contributed by atoms with E-state index in [0.29, 0.717) is 16.5 Å². The quantitative estimate of drug-likeness (QED) is 0.883. The molecule has 1 rings (SSSR count). The van der Waals surface area contributed by atoms with Gasteiger partial charge in [-0.25, -0.2) is 0 Å². The second-order valence-corrected chi connectivity index (χ2v) is 4.26. The first-order valence-corrected chi connectivity index (χ1v) is 5.42. The molecule has 0 radical (unpaired) electrons. The maximum Gasteiger partial charge on any atom is 0.131 e. The minimum absolute atomic E-state index is 0.0488. The van der Waals surface area contributed by atoms with Crippen molar-refractivity contribution in [3.63, 3.8) is 0 Å². The standard InChI is InChI=1S/C11H13Cl2NO/c1-7(15)5-11(14-2)9-4-3-8(12)6-10(9)13/h3-4,6,11,14H,5H2,1-2H3. The van der Waals surface area contributed by atoms with Crippen molar-refractivity contribution in [2.24, 2.45) is 0 Å². The highest BCUT2D eigenvalue weighted by molar-refractivity contribution is 6.35. The summed E-state index contributed by atoms with van der Waals surface area (Å²) < 4.78 is 0. The molecule has 1 unspecified atom stereocenters. The number of benzene rings is 1. The van der Waals surface area contributed by atoms with Gasteiger partial charge in [0.25, 0.3) is 0 Å². The molecule has 1 atom stereocenters. The number of rotatable bonds is 4. The van der Waals surface area contributed by atoms with E-state index >= 15 is 0 Å². The summed E-state index contributed by atoms with van der Waals surface area (Å²) in [6, 6.07) is 5.25. The monoisotopic (exact) mass is 245 g/mol. The van der Waals surface area contributed by atoms with Crippen molar-refractivity contribution >= 4 is 29.0 Å². The van der Waals surface area contributed by atoms with Crippen LogP contribution in [-0.4, -0.2) is 12.8 Å². The molecule has 4 heteroatoms. The van der Waals surface area contributed by atoms with E-state index in [0.717, 1.165) is 5.56 Å². The Bertz CT molecular complexity index is 366. The summed E-state index contributed by atoms with van der Waals surface area (Å²) >= 11 is 11.8. The predicted octanol–water partition coefficient (Wildman–Crippen LogP) is 3.23. The summed E-state index contributed by atoms with van der Waals surface area (Å²) in [5.74, 6) is 0.125. The van der Waals surface area contributed by atoms with Crippen LogP contribution in [0.15, 0.2) is 18.2 Å². The number of hydrogen-bond donors (Lipinski definition) is 1. The average molecular weight is 246 g/mol. The lowest BCUT2D eigenvalue weighted by Crippen LogP contribution is -2.19. The number of halogens is 2. The van der Waals surface area contributed by atoms with Gasteiger partial charge in [-0.1, -0.05) is 29.3 Å². The Morgan fingerprint density at radius 3 is 2.60 bits per heavy atom. The van der Waals surface area contributed by atoms with E-state index in [1.165, 1.54) is 0 Å². The van der Waals surface area contributed by atoms with E-state index in [1.54, 1.807) is 26.1 Å². The van der Waals surface area contributed by atoms with Crippen molar-refractivity contribution < 1.29 is 4.79 Å². The number of hydrogen-bond acceptors (Lipinski definition) is 2. The summed E-state index contributed by atoms with van der Waals surface area (Å²) in [6.07, 6.45) is 0.428. The van der Waals surface area contributed by atoms with E-state index < -0.39 is 0 Å². The molecular weight excluding hydrogens is 233 g/mol. The molecule has 15 heavy (non-hydrogen) atoms. The average Bonchev–Trinajstić information content (AvgIpc) is 2.14. The second-order valence-electron chi connectivity index (χ2n) is 3.41. The van der Waals surface area contributed by atoms with Gasteiger partial charge in [0.15, 0.2) is 0 Å². The summed E-state index contributed by atoms with van der Waals surface area (Å²) in [7, 11) is 1.80. The van der Waals surface area contributed by atoms with Crippen molar-refractivity contribution in [3.05, 3.63) is 33.8 Å². The third-order valence-corrected chi connectivity index (χ3v) is 2.74. The van der Waals surface area contributed by atoms with Gasteiger partial charge in [-0.05, 0) is 31.7 Å². The lowest BCUT2D eigenvalue weighted by molar-refractivity contribution is -0.117. The molecule has 1 aromatic rings. The van der Waals surface area contributed by atoms with E-state index in [-0.39, 0.29) is 11.8 Å². The lowest BCUT2D eigenvalue weighted by Gasteiger charge is -2.16. The van der Waals surface area contributed by atoms with E-state index in [4.69, 9.17) is 23.2 Å². The highest BCUT2D eigenvalue weighted by Crippen LogP contribution is 2.27. The molecule has 0 spiro atoms. The lowest BCUT2D eigenvalue weighted by atomic mass is 10.0. The topological polar surface area (TPSA) is 29.1 Å². The molecule has 2 nitrogen and oxygen atoms in total. The third kappa shape index (κ3) is 3.49. The molecule has 0 amide bonds. The molecule has 82 valence electrons. The SMILES string of the molecule is CNC(CC(C)=O)c1ccc(Cl)cc1Cl. The molecule has 0 bridgehead atoms. The highest BCUT2D eigenvalue weighted by atomic mass is 35.5. The minimum atomic E-state index is -0.0488. The minimum Gasteiger partial charge on any atom is -0.313 e.